The Morgan fingerprint density at radius 1 is 0.941 bits per heavy atom. The van der Waals surface area contributed by atoms with E-state index < -0.39 is 5.79 Å². The van der Waals surface area contributed by atoms with Crippen molar-refractivity contribution in [3.05, 3.63) is 0 Å². The van der Waals surface area contributed by atoms with Gasteiger partial charge in [0.2, 0.25) is 0 Å². The fraction of sp³-hybridized carbons (Fsp3) is 1.00. The van der Waals surface area contributed by atoms with Crippen LogP contribution in [0, 0.1) is 0 Å². The van der Waals surface area contributed by atoms with Gasteiger partial charge in [-0.3, -0.25) is 0 Å². The average molecular weight is 242 g/mol. The van der Waals surface area contributed by atoms with E-state index in [9.17, 15) is 0 Å². The molecule has 3 heteroatoms. The van der Waals surface area contributed by atoms with Crippen LogP contribution in [0.15, 0.2) is 0 Å². The third-order valence-electron chi connectivity index (χ3n) is 3.85. The lowest BCUT2D eigenvalue weighted by Crippen LogP contribution is -2.37. The summed E-state index contributed by atoms with van der Waals surface area (Å²) in [5.74, 6) is -0.499. The molecular weight excluding hydrogens is 216 g/mol. The molecule has 0 N–H and O–H groups in total. The maximum atomic E-state index is 5.67. The van der Waals surface area contributed by atoms with Crippen LogP contribution in [-0.2, 0) is 14.5 Å². The van der Waals surface area contributed by atoms with Gasteiger partial charge in [-0.2, -0.15) is 0 Å². The zero-order chi connectivity index (χ0) is 12.0. The first-order valence-electron chi connectivity index (χ1n) is 7.27. The van der Waals surface area contributed by atoms with Gasteiger partial charge in [0.05, 0.1) is 12.7 Å². The predicted octanol–water partition coefficient (Wildman–Crippen LogP) is 3.96. The smallest absolute Gasteiger partial charge is 0.198 e. The molecule has 1 heterocycles. The summed E-state index contributed by atoms with van der Waals surface area (Å²) in [5.41, 5.74) is 0. The normalized spacial score (nSPS) is 33.0. The zero-order valence-corrected chi connectivity index (χ0v) is 11.1. The molecule has 3 nitrogen and oxygen atoms in total. The molecule has 1 aliphatic heterocycles. The Hall–Kier alpha value is -0.120. The summed E-state index contributed by atoms with van der Waals surface area (Å²) in [6.45, 7) is 2.79. The summed E-state index contributed by atoms with van der Waals surface area (Å²) in [5, 5.41) is 0. The Balaban J connectivity index is 1.71. The summed E-state index contributed by atoms with van der Waals surface area (Å²) < 4.78 is 5.67. The number of hydrogen-bond acceptors (Lipinski definition) is 3. The lowest BCUT2D eigenvalue weighted by Gasteiger charge is -2.33. The average Bonchev–Trinajstić information content (AvgIpc) is 2.28. The van der Waals surface area contributed by atoms with Gasteiger partial charge in [0.25, 0.3) is 0 Å². The van der Waals surface area contributed by atoms with Crippen molar-refractivity contribution in [1.29, 1.82) is 0 Å². The van der Waals surface area contributed by atoms with Crippen molar-refractivity contribution in [3.63, 3.8) is 0 Å². The fourth-order valence-corrected chi connectivity index (χ4v) is 2.66. The maximum absolute atomic E-state index is 5.67. The Kier molecular flexibility index (Phi) is 5.26. The molecule has 0 radical (unpaired) electrons. The molecule has 0 aromatic rings. The summed E-state index contributed by atoms with van der Waals surface area (Å²) in [6, 6.07) is 0. The highest BCUT2D eigenvalue weighted by Crippen LogP contribution is 2.28. The monoisotopic (exact) mass is 242 g/mol. The molecule has 0 spiro atoms. The minimum Gasteiger partial charge on any atom is -0.348 e. The van der Waals surface area contributed by atoms with E-state index in [-0.39, 0.29) is 6.10 Å². The van der Waals surface area contributed by atoms with Gasteiger partial charge in [0, 0.05) is 6.42 Å². The molecule has 0 aromatic heterocycles. The lowest BCUT2D eigenvalue weighted by atomic mass is 9.99. The van der Waals surface area contributed by atoms with E-state index in [1.807, 2.05) is 6.92 Å². The molecule has 2 rings (SSSR count). The van der Waals surface area contributed by atoms with Gasteiger partial charge in [0.15, 0.2) is 5.79 Å². The van der Waals surface area contributed by atoms with Crippen molar-refractivity contribution in [3.8, 4) is 0 Å². The minimum absolute atomic E-state index is 0.276. The molecule has 1 saturated heterocycles. The third-order valence-corrected chi connectivity index (χ3v) is 3.85. The molecule has 2 fully saturated rings. The Labute approximate surface area is 105 Å². The highest BCUT2D eigenvalue weighted by molar-refractivity contribution is 4.67. The van der Waals surface area contributed by atoms with Gasteiger partial charge < -0.3 is 4.74 Å². The molecule has 1 atom stereocenters. The second kappa shape index (κ2) is 6.72. The van der Waals surface area contributed by atoms with Crippen molar-refractivity contribution in [2.24, 2.45) is 0 Å². The van der Waals surface area contributed by atoms with Crippen LogP contribution in [0.25, 0.3) is 0 Å². The van der Waals surface area contributed by atoms with Gasteiger partial charge in [0.1, 0.15) is 0 Å². The molecule has 1 saturated carbocycles. The zero-order valence-electron chi connectivity index (χ0n) is 11.1. The third kappa shape index (κ3) is 4.57. The van der Waals surface area contributed by atoms with Crippen LogP contribution >= 0.6 is 0 Å². The first kappa shape index (κ1) is 13.3. The van der Waals surface area contributed by atoms with E-state index in [2.05, 4.69) is 0 Å². The van der Waals surface area contributed by atoms with E-state index in [0.717, 1.165) is 32.3 Å². The van der Waals surface area contributed by atoms with Crippen LogP contribution in [0.4, 0.5) is 0 Å². The number of ether oxygens (including phenoxy) is 1. The summed E-state index contributed by atoms with van der Waals surface area (Å²) >= 11 is 0. The van der Waals surface area contributed by atoms with Crippen molar-refractivity contribution in [2.45, 2.75) is 83.0 Å². The Morgan fingerprint density at radius 2 is 1.65 bits per heavy atom. The van der Waals surface area contributed by atoms with Crippen LogP contribution in [0.3, 0.4) is 0 Å². The second-order valence-electron chi connectivity index (χ2n) is 5.59. The van der Waals surface area contributed by atoms with Crippen LogP contribution in [-0.4, -0.2) is 18.5 Å². The topological polar surface area (TPSA) is 27.7 Å². The van der Waals surface area contributed by atoms with Gasteiger partial charge >= 0.3 is 0 Å². The molecule has 1 aliphatic carbocycles. The van der Waals surface area contributed by atoms with E-state index in [1.54, 1.807) is 0 Å². The lowest BCUT2D eigenvalue weighted by molar-refractivity contribution is -0.447. The van der Waals surface area contributed by atoms with Crippen LogP contribution in [0.1, 0.15) is 71.1 Å². The first-order valence-corrected chi connectivity index (χ1v) is 7.27. The van der Waals surface area contributed by atoms with Crippen LogP contribution in [0.2, 0.25) is 0 Å². The van der Waals surface area contributed by atoms with E-state index >= 15 is 0 Å². The largest absolute Gasteiger partial charge is 0.348 e. The molecule has 100 valence electrons. The molecule has 17 heavy (non-hydrogen) atoms. The first-order chi connectivity index (χ1) is 8.29. The van der Waals surface area contributed by atoms with E-state index in [1.165, 1.54) is 38.5 Å². The van der Waals surface area contributed by atoms with Crippen molar-refractivity contribution < 1.29 is 14.5 Å². The molecule has 1 unspecified atom stereocenters. The molecule has 0 aromatic carbocycles. The highest BCUT2D eigenvalue weighted by atomic mass is 17.2. The van der Waals surface area contributed by atoms with Gasteiger partial charge in [-0.15, -0.1) is 0 Å². The van der Waals surface area contributed by atoms with Crippen LogP contribution in [0.5, 0.6) is 0 Å². The fourth-order valence-electron chi connectivity index (χ4n) is 2.66. The highest BCUT2D eigenvalue weighted by Gasteiger charge is 2.31. The van der Waals surface area contributed by atoms with Gasteiger partial charge in [-0.1, -0.05) is 32.1 Å². The Bertz CT molecular complexity index is 204. The second-order valence-corrected chi connectivity index (χ2v) is 5.59. The summed E-state index contributed by atoms with van der Waals surface area (Å²) in [7, 11) is 0. The number of rotatable bonds is 3. The van der Waals surface area contributed by atoms with Crippen LogP contribution < -0.4 is 0 Å². The van der Waals surface area contributed by atoms with E-state index in [4.69, 9.17) is 14.5 Å². The standard InChI is InChI=1S/C14H26O3/c1-14(11-7-8-12-15-14)17-16-13-9-5-3-2-4-6-10-13/h13H,2-12H2,1H3. The molecule has 2 aliphatic rings. The summed E-state index contributed by atoms with van der Waals surface area (Å²) in [4.78, 5) is 11.2. The molecule has 0 amide bonds. The van der Waals surface area contributed by atoms with E-state index in [0.29, 0.717) is 0 Å². The van der Waals surface area contributed by atoms with Gasteiger partial charge in [-0.25, -0.2) is 9.78 Å². The number of hydrogen-bond donors (Lipinski definition) is 0. The minimum atomic E-state index is -0.499. The van der Waals surface area contributed by atoms with Crippen molar-refractivity contribution in [2.75, 3.05) is 6.61 Å². The quantitative estimate of drug-likeness (QED) is 0.553. The molecule has 0 bridgehead atoms. The SMILES string of the molecule is CC1(OOC2CCCCCCC2)CCCCO1. The maximum Gasteiger partial charge on any atom is 0.198 e. The van der Waals surface area contributed by atoms with Crippen molar-refractivity contribution >= 4 is 0 Å². The summed E-state index contributed by atoms with van der Waals surface area (Å²) in [6.07, 6.45) is 12.4. The Morgan fingerprint density at radius 3 is 2.29 bits per heavy atom. The van der Waals surface area contributed by atoms with Gasteiger partial charge in [-0.05, 0) is 32.6 Å². The molecular formula is C14H26O3. The predicted molar refractivity (Wildman–Crippen MR) is 66.5 cm³/mol. The van der Waals surface area contributed by atoms with Crippen molar-refractivity contribution in [1.82, 2.24) is 0 Å².